The van der Waals surface area contributed by atoms with Crippen LogP contribution in [-0.4, -0.2) is 48.9 Å². The van der Waals surface area contributed by atoms with Gasteiger partial charge >= 0.3 is 0 Å². The van der Waals surface area contributed by atoms with Crippen LogP contribution in [0.4, 0.5) is 14.5 Å². The van der Waals surface area contributed by atoms with E-state index in [-0.39, 0.29) is 18.8 Å². The standard InChI is InChI=1S/C22H25F2N3O4S/c1-4-32(30,31)26-13-20(28)27(19-10-9-18(24)11-15(19)2)22(3,14-26)21(29)25-12-16-5-7-17(23)8-6-16/h5-11H,4,12-14H2,1-3H3,(H,25,29)/t22-/m0/s1. The Labute approximate surface area is 186 Å². The van der Waals surface area contributed by atoms with Crippen molar-refractivity contribution in [3.05, 3.63) is 65.2 Å². The second-order valence-corrected chi connectivity index (χ2v) is 10.2. The third-order valence-electron chi connectivity index (χ3n) is 5.55. The molecule has 1 saturated heterocycles. The summed E-state index contributed by atoms with van der Waals surface area (Å²) in [5.41, 5.74) is -0.208. The van der Waals surface area contributed by atoms with E-state index in [0.29, 0.717) is 16.8 Å². The van der Waals surface area contributed by atoms with Gasteiger partial charge in [0.05, 0.1) is 12.3 Å². The Balaban J connectivity index is 1.99. The molecule has 0 radical (unpaired) electrons. The average Bonchev–Trinajstić information content (AvgIpc) is 2.74. The summed E-state index contributed by atoms with van der Waals surface area (Å²) in [6, 6.07) is 9.38. The number of amides is 2. The zero-order chi connectivity index (χ0) is 23.7. The summed E-state index contributed by atoms with van der Waals surface area (Å²) in [6.45, 7) is 3.92. The Morgan fingerprint density at radius 1 is 1.12 bits per heavy atom. The molecule has 172 valence electrons. The highest BCUT2D eigenvalue weighted by Crippen LogP contribution is 2.33. The monoisotopic (exact) mass is 465 g/mol. The van der Waals surface area contributed by atoms with E-state index in [0.717, 1.165) is 4.31 Å². The summed E-state index contributed by atoms with van der Waals surface area (Å²) < 4.78 is 52.9. The average molecular weight is 466 g/mol. The van der Waals surface area contributed by atoms with Crippen LogP contribution in [0, 0.1) is 18.6 Å². The number of nitrogens with one attached hydrogen (secondary N) is 1. The van der Waals surface area contributed by atoms with E-state index in [1.165, 1.54) is 61.2 Å². The Kier molecular flexibility index (Phi) is 6.66. The van der Waals surface area contributed by atoms with Gasteiger partial charge in [0.1, 0.15) is 17.2 Å². The van der Waals surface area contributed by atoms with Crippen LogP contribution in [0.1, 0.15) is 25.0 Å². The molecule has 0 bridgehead atoms. The van der Waals surface area contributed by atoms with E-state index < -0.39 is 45.6 Å². The highest BCUT2D eigenvalue weighted by Gasteiger charge is 2.50. The van der Waals surface area contributed by atoms with Crippen molar-refractivity contribution in [2.75, 3.05) is 23.7 Å². The molecule has 0 saturated carbocycles. The minimum Gasteiger partial charge on any atom is -0.350 e. The van der Waals surface area contributed by atoms with E-state index >= 15 is 0 Å². The SMILES string of the molecule is CCS(=O)(=O)N1CC(=O)N(c2ccc(F)cc2C)[C@](C)(C(=O)NCc2ccc(F)cc2)C1. The Morgan fingerprint density at radius 2 is 1.75 bits per heavy atom. The molecule has 1 aliphatic heterocycles. The molecular formula is C22H25F2N3O4S. The minimum atomic E-state index is -3.75. The fraction of sp³-hybridized carbons (Fsp3) is 0.364. The van der Waals surface area contributed by atoms with Gasteiger partial charge in [-0.05, 0) is 62.2 Å². The predicted octanol–water partition coefficient (Wildman–Crippen LogP) is 2.35. The highest BCUT2D eigenvalue weighted by atomic mass is 32.2. The number of sulfonamides is 1. The molecule has 10 heteroatoms. The van der Waals surface area contributed by atoms with E-state index in [4.69, 9.17) is 0 Å². The molecule has 0 spiro atoms. The molecule has 1 fully saturated rings. The van der Waals surface area contributed by atoms with Crippen molar-refractivity contribution in [1.82, 2.24) is 9.62 Å². The maximum absolute atomic E-state index is 13.7. The lowest BCUT2D eigenvalue weighted by atomic mass is 9.93. The van der Waals surface area contributed by atoms with Crippen LogP contribution in [-0.2, 0) is 26.2 Å². The number of benzene rings is 2. The lowest BCUT2D eigenvalue weighted by molar-refractivity contribution is -0.133. The van der Waals surface area contributed by atoms with Crippen molar-refractivity contribution in [2.24, 2.45) is 0 Å². The van der Waals surface area contributed by atoms with Gasteiger partial charge in [-0.2, -0.15) is 4.31 Å². The predicted molar refractivity (Wildman–Crippen MR) is 116 cm³/mol. The van der Waals surface area contributed by atoms with Crippen molar-refractivity contribution in [3.63, 3.8) is 0 Å². The van der Waals surface area contributed by atoms with Gasteiger partial charge in [-0.15, -0.1) is 0 Å². The normalized spacial score (nSPS) is 19.8. The van der Waals surface area contributed by atoms with Crippen LogP contribution in [0.3, 0.4) is 0 Å². The number of aryl methyl sites for hydroxylation is 1. The number of carbonyl (C=O) groups is 2. The van der Waals surface area contributed by atoms with Gasteiger partial charge in [-0.1, -0.05) is 12.1 Å². The van der Waals surface area contributed by atoms with Gasteiger partial charge < -0.3 is 5.32 Å². The second kappa shape index (κ2) is 8.95. The first kappa shape index (κ1) is 23.8. The number of carbonyl (C=O) groups excluding carboxylic acids is 2. The first-order valence-electron chi connectivity index (χ1n) is 10.1. The molecule has 2 amide bonds. The molecule has 1 aliphatic rings. The molecule has 0 aromatic heterocycles. The Morgan fingerprint density at radius 3 is 2.34 bits per heavy atom. The summed E-state index contributed by atoms with van der Waals surface area (Å²) in [4.78, 5) is 27.7. The van der Waals surface area contributed by atoms with E-state index in [2.05, 4.69) is 5.32 Å². The maximum Gasteiger partial charge on any atom is 0.247 e. The molecule has 3 rings (SSSR count). The fourth-order valence-corrected chi connectivity index (χ4v) is 4.88. The number of hydrogen-bond acceptors (Lipinski definition) is 4. The maximum atomic E-state index is 13.7. The lowest BCUT2D eigenvalue weighted by Gasteiger charge is -2.47. The Bertz CT molecular complexity index is 1140. The van der Waals surface area contributed by atoms with Gasteiger partial charge in [0.25, 0.3) is 0 Å². The van der Waals surface area contributed by atoms with Crippen LogP contribution in [0.15, 0.2) is 42.5 Å². The molecular weight excluding hydrogens is 440 g/mol. The smallest absolute Gasteiger partial charge is 0.247 e. The third-order valence-corrected chi connectivity index (χ3v) is 7.33. The zero-order valence-electron chi connectivity index (χ0n) is 18.1. The van der Waals surface area contributed by atoms with Crippen molar-refractivity contribution < 1.29 is 26.8 Å². The molecule has 2 aromatic rings. The van der Waals surface area contributed by atoms with Crippen molar-refractivity contribution >= 4 is 27.5 Å². The van der Waals surface area contributed by atoms with Gasteiger partial charge in [-0.25, -0.2) is 17.2 Å². The Hall–Kier alpha value is -2.85. The first-order chi connectivity index (χ1) is 15.0. The second-order valence-electron chi connectivity index (χ2n) is 7.91. The molecule has 1 N–H and O–H groups in total. The molecule has 32 heavy (non-hydrogen) atoms. The molecule has 0 aliphatic carbocycles. The number of anilines is 1. The van der Waals surface area contributed by atoms with Crippen LogP contribution in [0.2, 0.25) is 0 Å². The zero-order valence-corrected chi connectivity index (χ0v) is 18.9. The van der Waals surface area contributed by atoms with Crippen LogP contribution in [0.25, 0.3) is 0 Å². The number of nitrogens with zero attached hydrogens (tertiary/aromatic N) is 2. The van der Waals surface area contributed by atoms with Crippen LogP contribution in [0.5, 0.6) is 0 Å². The van der Waals surface area contributed by atoms with Crippen LogP contribution < -0.4 is 10.2 Å². The van der Waals surface area contributed by atoms with E-state index in [9.17, 15) is 26.8 Å². The largest absolute Gasteiger partial charge is 0.350 e. The number of piperazine rings is 1. The topological polar surface area (TPSA) is 86.8 Å². The number of rotatable bonds is 6. The highest BCUT2D eigenvalue weighted by molar-refractivity contribution is 7.89. The van der Waals surface area contributed by atoms with E-state index in [1.807, 2.05) is 0 Å². The summed E-state index contributed by atoms with van der Waals surface area (Å²) in [5, 5.41) is 2.72. The van der Waals surface area contributed by atoms with Crippen molar-refractivity contribution in [3.8, 4) is 0 Å². The summed E-state index contributed by atoms with van der Waals surface area (Å²) >= 11 is 0. The summed E-state index contributed by atoms with van der Waals surface area (Å²) in [7, 11) is -3.75. The third kappa shape index (κ3) is 4.66. The van der Waals surface area contributed by atoms with Gasteiger partial charge in [0.15, 0.2) is 0 Å². The quantitative estimate of drug-likeness (QED) is 0.710. The lowest BCUT2D eigenvalue weighted by Crippen LogP contribution is -2.70. The van der Waals surface area contributed by atoms with Gasteiger partial charge in [0.2, 0.25) is 21.8 Å². The molecule has 0 unspecified atom stereocenters. The molecule has 1 atom stereocenters. The first-order valence-corrected chi connectivity index (χ1v) is 11.7. The molecule has 7 nitrogen and oxygen atoms in total. The van der Waals surface area contributed by atoms with E-state index in [1.54, 1.807) is 6.92 Å². The van der Waals surface area contributed by atoms with Gasteiger partial charge in [0, 0.05) is 18.8 Å². The number of hydrogen-bond donors (Lipinski definition) is 1. The molecule has 2 aromatic carbocycles. The minimum absolute atomic E-state index is 0.0552. The van der Waals surface area contributed by atoms with Crippen molar-refractivity contribution in [2.45, 2.75) is 32.9 Å². The fourth-order valence-electron chi connectivity index (χ4n) is 3.76. The van der Waals surface area contributed by atoms with Crippen LogP contribution >= 0.6 is 0 Å². The van der Waals surface area contributed by atoms with Crippen molar-refractivity contribution in [1.29, 1.82) is 0 Å². The number of halogens is 2. The summed E-state index contributed by atoms with van der Waals surface area (Å²) in [5.74, 6) is -2.31. The van der Waals surface area contributed by atoms with Gasteiger partial charge in [-0.3, -0.25) is 14.5 Å². The molecule has 1 heterocycles. The summed E-state index contributed by atoms with van der Waals surface area (Å²) in [6.07, 6.45) is 0.